The van der Waals surface area contributed by atoms with E-state index in [0.29, 0.717) is 17.1 Å². The fraction of sp³-hybridized carbons (Fsp3) is 0.458. The van der Waals surface area contributed by atoms with Crippen LogP contribution < -0.4 is 9.47 Å². The first-order valence-electron chi connectivity index (χ1n) is 10.2. The Morgan fingerprint density at radius 2 is 1.54 bits per heavy atom. The molecule has 0 aliphatic heterocycles. The van der Waals surface area contributed by atoms with Gasteiger partial charge in [0.15, 0.2) is 0 Å². The second-order valence-corrected chi connectivity index (χ2v) is 7.09. The molecule has 4 nitrogen and oxygen atoms in total. The maximum absolute atomic E-state index is 13.2. The van der Waals surface area contributed by atoms with E-state index in [0.717, 1.165) is 50.8 Å². The lowest BCUT2D eigenvalue weighted by atomic mass is 10.1. The highest BCUT2D eigenvalue weighted by Gasteiger charge is 2.19. The van der Waals surface area contributed by atoms with Gasteiger partial charge >= 0.3 is 0 Å². The minimum Gasteiger partial charge on any atom is -0.496 e. The van der Waals surface area contributed by atoms with Crippen molar-refractivity contribution in [2.24, 2.45) is 0 Å². The summed E-state index contributed by atoms with van der Waals surface area (Å²) in [6, 6.07) is 14.1. The van der Waals surface area contributed by atoms with E-state index in [2.05, 4.69) is 31.2 Å². The third kappa shape index (κ3) is 6.01. The van der Waals surface area contributed by atoms with Gasteiger partial charge in [0.1, 0.15) is 11.5 Å². The Kier molecular flexibility index (Phi) is 8.86. The zero-order valence-corrected chi connectivity index (χ0v) is 17.7. The summed E-state index contributed by atoms with van der Waals surface area (Å²) < 4.78 is 10.9. The minimum atomic E-state index is 0.0424. The van der Waals surface area contributed by atoms with E-state index in [9.17, 15) is 4.79 Å². The standard InChI is InChI=1S/C24H33NO3/c1-5-6-10-15-25(16-11-14-20-12-8-7-9-13-20)24(26)21-17-22(27-3)19(2)23(18-21)28-4/h7-9,12-13,17-18H,5-6,10-11,14-16H2,1-4H3. The number of aryl methyl sites for hydroxylation is 1. The molecule has 0 unspecified atom stereocenters. The van der Waals surface area contributed by atoms with Crippen LogP contribution in [0.15, 0.2) is 42.5 Å². The Labute approximate surface area is 169 Å². The average molecular weight is 384 g/mol. The number of nitrogens with zero attached hydrogens (tertiary/aromatic N) is 1. The number of rotatable bonds is 11. The summed E-state index contributed by atoms with van der Waals surface area (Å²) >= 11 is 0. The first-order valence-corrected chi connectivity index (χ1v) is 10.2. The fourth-order valence-corrected chi connectivity index (χ4v) is 3.38. The molecule has 0 aliphatic rings. The third-order valence-corrected chi connectivity index (χ3v) is 5.05. The highest BCUT2D eigenvalue weighted by Crippen LogP contribution is 2.30. The summed E-state index contributed by atoms with van der Waals surface area (Å²) in [7, 11) is 3.24. The normalized spacial score (nSPS) is 10.6. The van der Waals surface area contributed by atoms with Crippen LogP contribution in [-0.2, 0) is 6.42 Å². The predicted octanol–water partition coefficient (Wildman–Crippen LogP) is 5.28. The lowest BCUT2D eigenvalue weighted by Crippen LogP contribution is -2.33. The number of ether oxygens (including phenoxy) is 2. The molecule has 0 atom stereocenters. The van der Waals surface area contributed by atoms with Crippen molar-refractivity contribution in [2.45, 2.75) is 46.0 Å². The van der Waals surface area contributed by atoms with Crippen LogP contribution in [0.4, 0.5) is 0 Å². The number of amides is 1. The minimum absolute atomic E-state index is 0.0424. The quantitative estimate of drug-likeness (QED) is 0.496. The average Bonchev–Trinajstić information content (AvgIpc) is 2.73. The van der Waals surface area contributed by atoms with Crippen molar-refractivity contribution in [1.82, 2.24) is 4.90 Å². The maximum atomic E-state index is 13.2. The second kappa shape index (κ2) is 11.4. The number of hydrogen-bond acceptors (Lipinski definition) is 3. The molecule has 28 heavy (non-hydrogen) atoms. The molecule has 0 aliphatic carbocycles. The van der Waals surface area contributed by atoms with Gasteiger partial charge in [0.25, 0.3) is 5.91 Å². The van der Waals surface area contributed by atoms with Gasteiger partial charge in [-0.25, -0.2) is 0 Å². The molecule has 0 aromatic heterocycles. The monoisotopic (exact) mass is 383 g/mol. The smallest absolute Gasteiger partial charge is 0.254 e. The lowest BCUT2D eigenvalue weighted by molar-refractivity contribution is 0.0750. The number of unbranched alkanes of at least 4 members (excludes halogenated alkanes) is 2. The molecule has 0 saturated heterocycles. The number of carbonyl (C=O) groups excluding carboxylic acids is 1. The zero-order valence-electron chi connectivity index (χ0n) is 17.7. The van der Waals surface area contributed by atoms with Crippen LogP contribution >= 0.6 is 0 Å². The van der Waals surface area contributed by atoms with Crippen molar-refractivity contribution in [3.63, 3.8) is 0 Å². The number of benzene rings is 2. The highest BCUT2D eigenvalue weighted by molar-refractivity contribution is 5.95. The number of methoxy groups -OCH3 is 2. The first kappa shape index (κ1) is 21.8. The van der Waals surface area contributed by atoms with Crippen LogP contribution in [0.25, 0.3) is 0 Å². The molecule has 0 spiro atoms. The van der Waals surface area contributed by atoms with Gasteiger partial charge in [-0.3, -0.25) is 4.79 Å². The molecule has 0 fully saturated rings. The molecule has 1 amide bonds. The Morgan fingerprint density at radius 1 is 0.929 bits per heavy atom. The molecule has 0 radical (unpaired) electrons. The van der Waals surface area contributed by atoms with E-state index < -0.39 is 0 Å². The molecule has 4 heteroatoms. The summed E-state index contributed by atoms with van der Waals surface area (Å²) in [6.45, 7) is 5.64. The van der Waals surface area contributed by atoms with Crippen LogP contribution in [0.2, 0.25) is 0 Å². The second-order valence-electron chi connectivity index (χ2n) is 7.09. The van der Waals surface area contributed by atoms with E-state index in [-0.39, 0.29) is 5.91 Å². The molecule has 2 aromatic rings. The van der Waals surface area contributed by atoms with E-state index in [4.69, 9.17) is 9.47 Å². The van der Waals surface area contributed by atoms with E-state index in [1.54, 1.807) is 14.2 Å². The van der Waals surface area contributed by atoms with Gasteiger partial charge in [0.2, 0.25) is 0 Å². The summed E-state index contributed by atoms with van der Waals surface area (Å²) in [5.74, 6) is 1.40. The van der Waals surface area contributed by atoms with Crippen molar-refractivity contribution in [2.75, 3.05) is 27.3 Å². The maximum Gasteiger partial charge on any atom is 0.254 e. The van der Waals surface area contributed by atoms with Crippen molar-refractivity contribution in [3.8, 4) is 11.5 Å². The summed E-state index contributed by atoms with van der Waals surface area (Å²) in [5, 5.41) is 0. The summed E-state index contributed by atoms with van der Waals surface area (Å²) in [5.41, 5.74) is 2.83. The van der Waals surface area contributed by atoms with Gasteiger partial charge in [0.05, 0.1) is 14.2 Å². The fourth-order valence-electron chi connectivity index (χ4n) is 3.38. The zero-order chi connectivity index (χ0) is 20.4. The van der Waals surface area contributed by atoms with Crippen molar-refractivity contribution in [1.29, 1.82) is 0 Å². The molecule has 0 saturated carbocycles. The Balaban J connectivity index is 2.13. The van der Waals surface area contributed by atoms with Gasteiger partial charge in [-0.2, -0.15) is 0 Å². The lowest BCUT2D eigenvalue weighted by Gasteiger charge is -2.24. The van der Waals surface area contributed by atoms with Crippen molar-refractivity contribution in [3.05, 3.63) is 59.2 Å². The van der Waals surface area contributed by atoms with Gasteiger partial charge in [-0.1, -0.05) is 50.1 Å². The summed E-state index contributed by atoms with van der Waals surface area (Å²) in [4.78, 5) is 15.2. The number of hydrogen-bond donors (Lipinski definition) is 0. The van der Waals surface area contributed by atoms with Gasteiger partial charge in [0, 0.05) is 24.2 Å². The predicted molar refractivity (Wildman–Crippen MR) is 114 cm³/mol. The largest absolute Gasteiger partial charge is 0.496 e. The molecule has 0 N–H and O–H groups in total. The van der Waals surface area contributed by atoms with Crippen LogP contribution in [0.1, 0.15) is 54.1 Å². The van der Waals surface area contributed by atoms with Gasteiger partial charge in [-0.15, -0.1) is 0 Å². The molecular formula is C24H33NO3. The molecule has 2 aromatic carbocycles. The van der Waals surface area contributed by atoms with E-state index >= 15 is 0 Å². The van der Waals surface area contributed by atoms with Crippen LogP contribution in [0, 0.1) is 6.92 Å². The Bertz CT molecular complexity index is 718. The number of carbonyl (C=O) groups is 1. The topological polar surface area (TPSA) is 38.8 Å². The molecule has 0 heterocycles. The summed E-state index contributed by atoms with van der Waals surface area (Å²) in [6.07, 6.45) is 5.20. The highest BCUT2D eigenvalue weighted by atomic mass is 16.5. The molecular weight excluding hydrogens is 350 g/mol. The van der Waals surface area contributed by atoms with Crippen molar-refractivity contribution < 1.29 is 14.3 Å². The molecule has 2 rings (SSSR count). The first-order chi connectivity index (χ1) is 13.6. The van der Waals surface area contributed by atoms with Gasteiger partial charge < -0.3 is 14.4 Å². The van der Waals surface area contributed by atoms with Crippen LogP contribution in [-0.4, -0.2) is 38.1 Å². The SMILES string of the molecule is CCCCCN(CCCc1ccccc1)C(=O)c1cc(OC)c(C)c(OC)c1. The third-order valence-electron chi connectivity index (χ3n) is 5.05. The van der Waals surface area contributed by atoms with E-state index in [1.807, 2.05) is 30.0 Å². The van der Waals surface area contributed by atoms with E-state index in [1.165, 1.54) is 5.56 Å². The van der Waals surface area contributed by atoms with Crippen LogP contribution in [0.3, 0.4) is 0 Å². The van der Waals surface area contributed by atoms with Gasteiger partial charge in [-0.05, 0) is 43.9 Å². The Morgan fingerprint density at radius 3 is 2.11 bits per heavy atom. The Hall–Kier alpha value is -2.49. The molecule has 0 bridgehead atoms. The molecule has 152 valence electrons. The van der Waals surface area contributed by atoms with Crippen molar-refractivity contribution >= 4 is 5.91 Å². The van der Waals surface area contributed by atoms with Crippen LogP contribution in [0.5, 0.6) is 11.5 Å².